The highest BCUT2D eigenvalue weighted by Gasteiger charge is 2.23. The Morgan fingerprint density at radius 1 is 1.08 bits per heavy atom. The lowest BCUT2D eigenvalue weighted by Crippen LogP contribution is -2.49. The van der Waals surface area contributed by atoms with E-state index in [1.54, 1.807) is 7.11 Å². The third-order valence-corrected chi connectivity index (χ3v) is 4.38. The van der Waals surface area contributed by atoms with Gasteiger partial charge < -0.3 is 14.4 Å². The second-order valence-electron chi connectivity index (χ2n) is 7.45. The zero-order valence-electron chi connectivity index (χ0n) is 16.2. The normalized spacial score (nSPS) is 15.7. The molecule has 0 aromatic heterocycles. The van der Waals surface area contributed by atoms with Gasteiger partial charge in [-0.2, -0.15) is 0 Å². The summed E-state index contributed by atoms with van der Waals surface area (Å²) in [5.41, 5.74) is 1.21. The second kappa shape index (κ2) is 9.09. The van der Waals surface area contributed by atoms with Gasteiger partial charge in [0.1, 0.15) is 0 Å². The molecule has 25 heavy (non-hydrogen) atoms. The molecule has 5 heteroatoms. The van der Waals surface area contributed by atoms with Crippen LogP contribution in [-0.2, 0) is 11.3 Å². The smallest absolute Gasteiger partial charge is 0.225 e. The van der Waals surface area contributed by atoms with Crippen LogP contribution in [0, 0.1) is 11.8 Å². The van der Waals surface area contributed by atoms with E-state index in [2.05, 4.69) is 30.9 Å². The van der Waals surface area contributed by atoms with Gasteiger partial charge in [-0.15, -0.1) is 0 Å². The van der Waals surface area contributed by atoms with Crippen LogP contribution in [-0.4, -0.2) is 55.6 Å². The number of ether oxygens (including phenoxy) is 2. The minimum atomic E-state index is 0.0780. The predicted octanol–water partition coefficient (Wildman–Crippen LogP) is 3.03. The third kappa shape index (κ3) is 5.63. The Labute approximate surface area is 151 Å². The van der Waals surface area contributed by atoms with Crippen LogP contribution in [0.15, 0.2) is 18.2 Å². The van der Waals surface area contributed by atoms with Crippen LogP contribution in [0.2, 0.25) is 0 Å². The summed E-state index contributed by atoms with van der Waals surface area (Å²) in [6.45, 7) is 13.2. The van der Waals surface area contributed by atoms with Crippen LogP contribution >= 0.6 is 0 Å². The van der Waals surface area contributed by atoms with Gasteiger partial charge in [-0.1, -0.05) is 33.8 Å². The summed E-state index contributed by atoms with van der Waals surface area (Å²) in [4.78, 5) is 16.4. The number of carbonyl (C=O) groups excluding carboxylic acids is 1. The van der Waals surface area contributed by atoms with Crippen molar-refractivity contribution < 1.29 is 14.3 Å². The second-order valence-corrected chi connectivity index (χ2v) is 7.45. The van der Waals surface area contributed by atoms with Crippen molar-refractivity contribution in [2.75, 3.05) is 39.9 Å². The molecule has 1 saturated heterocycles. The maximum atomic E-state index is 12.1. The standard InChI is InChI=1S/C20H32N2O3/c1-15(2)14-25-18-7-6-17(12-19(18)24-5)13-21-8-10-22(11-9-21)20(23)16(3)4/h6-7,12,15-16H,8-11,13-14H2,1-5H3. The first-order valence-electron chi connectivity index (χ1n) is 9.21. The zero-order chi connectivity index (χ0) is 18.4. The molecule has 0 aliphatic carbocycles. The molecule has 0 unspecified atom stereocenters. The van der Waals surface area contributed by atoms with E-state index in [4.69, 9.17) is 9.47 Å². The van der Waals surface area contributed by atoms with Gasteiger partial charge in [0.15, 0.2) is 11.5 Å². The van der Waals surface area contributed by atoms with Crippen molar-refractivity contribution in [2.24, 2.45) is 11.8 Å². The van der Waals surface area contributed by atoms with Gasteiger partial charge >= 0.3 is 0 Å². The quantitative estimate of drug-likeness (QED) is 0.760. The van der Waals surface area contributed by atoms with Crippen LogP contribution in [0.3, 0.4) is 0 Å². The van der Waals surface area contributed by atoms with Crippen LogP contribution in [0.4, 0.5) is 0 Å². The number of piperazine rings is 1. The largest absolute Gasteiger partial charge is 0.493 e. The Morgan fingerprint density at radius 2 is 1.76 bits per heavy atom. The molecule has 140 valence electrons. The number of hydrogen-bond donors (Lipinski definition) is 0. The molecule has 0 radical (unpaired) electrons. The van der Waals surface area contributed by atoms with E-state index in [-0.39, 0.29) is 11.8 Å². The number of carbonyl (C=O) groups is 1. The lowest BCUT2D eigenvalue weighted by molar-refractivity contribution is -0.136. The van der Waals surface area contributed by atoms with Crippen molar-refractivity contribution >= 4 is 5.91 Å². The Balaban J connectivity index is 1.92. The van der Waals surface area contributed by atoms with E-state index in [1.165, 1.54) is 5.56 Å². The highest BCUT2D eigenvalue weighted by molar-refractivity contribution is 5.78. The van der Waals surface area contributed by atoms with E-state index in [0.29, 0.717) is 12.5 Å². The van der Waals surface area contributed by atoms with Crippen LogP contribution < -0.4 is 9.47 Å². The number of benzene rings is 1. The molecule has 1 fully saturated rings. The topological polar surface area (TPSA) is 42.0 Å². The molecule has 0 atom stereocenters. The van der Waals surface area contributed by atoms with E-state index in [9.17, 15) is 4.79 Å². The fourth-order valence-corrected chi connectivity index (χ4v) is 2.94. The highest BCUT2D eigenvalue weighted by Crippen LogP contribution is 2.29. The number of amides is 1. The first kappa shape index (κ1) is 19.6. The van der Waals surface area contributed by atoms with Crippen molar-refractivity contribution in [3.05, 3.63) is 23.8 Å². The SMILES string of the molecule is COc1cc(CN2CCN(C(=O)C(C)C)CC2)ccc1OCC(C)C. The molecule has 5 nitrogen and oxygen atoms in total. The maximum absolute atomic E-state index is 12.1. The number of hydrogen-bond acceptors (Lipinski definition) is 4. The van der Waals surface area contributed by atoms with Gasteiger partial charge in [0, 0.05) is 38.6 Å². The zero-order valence-corrected chi connectivity index (χ0v) is 16.2. The molecule has 1 aromatic carbocycles. The fourth-order valence-electron chi connectivity index (χ4n) is 2.94. The van der Waals surface area contributed by atoms with Crippen LogP contribution in [0.1, 0.15) is 33.3 Å². The van der Waals surface area contributed by atoms with Crippen molar-refractivity contribution in [3.63, 3.8) is 0 Å². The molecule has 1 aliphatic rings. The van der Waals surface area contributed by atoms with Crippen molar-refractivity contribution in [1.82, 2.24) is 9.80 Å². The van der Waals surface area contributed by atoms with Gasteiger partial charge in [0.2, 0.25) is 5.91 Å². The molecular weight excluding hydrogens is 316 g/mol. The summed E-state index contributed by atoms with van der Waals surface area (Å²) >= 11 is 0. The minimum absolute atomic E-state index is 0.0780. The third-order valence-electron chi connectivity index (χ3n) is 4.38. The highest BCUT2D eigenvalue weighted by atomic mass is 16.5. The molecule has 1 heterocycles. The molecular formula is C20H32N2O3. The maximum Gasteiger partial charge on any atom is 0.225 e. The Hall–Kier alpha value is -1.75. The molecule has 1 aliphatic heterocycles. The monoisotopic (exact) mass is 348 g/mol. The minimum Gasteiger partial charge on any atom is -0.493 e. The summed E-state index contributed by atoms with van der Waals surface area (Å²) in [6, 6.07) is 6.15. The molecule has 0 bridgehead atoms. The van der Waals surface area contributed by atoms with Gasteiger partial charge in [-0.25, -0.2) is 0 Å². The summed E-state index contributed by atoms with van der Waals surface area (Å²) in [5.74, 6) is 2.40. The van der Waals surface area contributed by atoms with E-state index in [1.807, 2.05) is 24.8 Å². The van der Waals surface area contributed by atoms with Gasteiger partial charge in [0.25, 0.3) is 0 Å². The molecule has 0 saturated carbocycles. The number of rotatable bonds is 7. The first-order valence-corrected chi connectivity index (χ1v) is 9.21. The Kier molecular flexibility index (Phi) is 7.12. The van der Waals surface area contributed by atoms with E-state index in [0.717, 1.165) is 44.2 Å². The van der Waals surface area contributed by atoms with Crippen LogP contribution in [0.25, 0.3) is 0 Å². The van der Waals surface area contributed by atoms with Gasteiger partial charge in [-0.3, -0.25) is 9.69 Å². The average molecular weight is 348 g/mol. The predicted molar refractivity (Wildman–Crippen MR) is 100 cm³/mol. The summed E-state index contributed by atoms with van der Waals surface area (Å²) < 4.78 is 11.3. The summed E-state index contributed by atoms with van der Waals surface area (Å²) in [7, 11) is 1.68. The summed E-state index contributed by atoms with van der Waals surface area (Å²) in [5, 5.41) is 0. The van der Waals surface area contributed by atoms with Crippen LogP contribution in [0.5, 0.6) is 11.5 Å². The molecule has 2 rings (SSSR count). The molecule has 1 aromatic rings. The molecule has 1 amide bonds. The molecule has 0 N–H and O–H groups in total. The first-order chi connectivity index (χ1) is 11.9. The van der Waals surface area contributed by atoms with Gasteiger partial charge in [0.05, 0.1) is 13.7 Å². The van der Waals surface area contributed by atoms with E-state index >= 15 is 0 Å². The Morgan fingerprint density at radius 3 is 2.32 bits per heavy atom. The van der Waals surface area contributed by atoms with Crippen molar-refractivity contribution in [2.45, 2.75) is 34.2 Å². The molecule has 0 spiro atoms. The lowest BCUT2D eigenvalue weighted by atomic mass is 10.1. The Bertz CT molecular complexity index is 564. The summed E-state index contributed by atoms with van der Waals surface area (Å²) in [6.07, 6.45) is 0. The van der Waals surface area contributed by atoms with Crippen molar-refractivity contribution in [3.8, 4) is 11.5 Å². The van der Waals surface area contributed by atoms with E-state index < -0.39 is 0 Å². The van der Waals surface area contributed by atoms with Gasteiger partial charge in [-0.05, 0) is 23.6 Å². The fraction of sp³-hybridized carbons (Fsp3) is 0.650. The average Bonchev–Trinajstić information content (AvgIpc) is 2.60. The lowest BCUT2D eigenvalue weighted by Gasteiger charge is -2.35. The van der Waals surface area contributed by atoms with Crippen molar-refractivity contribution in [1.29, 1.82) is 0 Å². The number of nitrogens with zero attached hydrogens (tertiary/aromatic N) is 2. The number of methoxy groups -OCH3 is 1.